The Morgan fingerprint density at radius 2 is 2.15 bits per heavy atom. The predicted octanol–water partition coefficient (Wildman–Crippen LogP) is 0.514. The summed E-state index contributed by atoms with van der Waals surface area (Å²) in [6.45, 7) is 4.87. The normalized spacial score (nSPS) is 18.8. The summed E-state index contributed by atoms with van der Waals surface area (Å²) < 4.78 is 0. The largest absolute Gasteiger partial charge is 0.355 e. The molecule has 5 heteroatoms. The van der Waals surface area contributed by atoms with Gasteiger partial charge in [0.15, 0.2) is 0 Å². The van der Waals surface area contributed by atoms with Gasteiger partial charge in [-0.15, -0.1) is 0 Å². The molecule has 0 saturated carbocycles. The zero-order valence-electron chi connectivity index (χ0n) is 11.9. The van der Waals surface area contributed by atoms with Crippen molar-refractivity contribution in [2.75, 3.05) is 13.1 Å². The van der Waals surface area contributed by atoms with Crippen LogP contribution in [0, 0.1) is 0 Å². The van der Waals surface area contributed by atoms with Crippen LogP contribution in [-0.4, -0.2) is 30.9 Å². The van der Waals surface area contributed by atoms with Crippen molar-refractivity contribution in [3.8, 4) is 0 Å². The van der Waals surface area contributed by atoms with Crippen LogP contribution in [0.4, 0.5) is 0 Å². The standard InChI is InChI=1S/C15H21N3O2/c1-3-16-14(19)10(2)18-15(20)13-12-7-5-4-6-11(12)8-9-17-13/h4-7,10,13,17H,3,8-9H2,1-2H3,(H,16,19)(H,18,20). The van der Waals surface area contributed by atoms with Gasteiger partial charge in [-0.05, 0) is 31.4 Å². The number of carbonyl (C=O) groups is 2. The third-order valence-electron chi connectivity index (χ3n) is 3.47. The van der Waals surface area contributed by atoms with Crippen LogP contribution in [0.5, 0.6) is 0 Å². The van der Waals surface area contributed by atoms with Crippen molar-refractivity contribution in [3.05, 3.63) is 35.4 Å². The Labute approximate surface area is 119 Å². The van der Waals surface area contributed by atoms with Gasteiger partial charge in [0.1, 0.15) is 12.1 Å². The van der Waals surface area contributed by atoms with Gasteiger partial charge in [0.2, 0.25) is 11.8 Å². The molecule has 1 aromatic rings. The van der Waals surface area contributed by atoms with Gasteiger partial charge < -0.3 is 16.0 Å². The molecule has 2 rings (SSSR count). The minimum atomic E-state index is -0.529. The quantitative estimate of drug-likeness (QED) is 0.750. The molecule has 1 aliphatic rings. The van der Waals surface area contributed by atoms with Crippen molar-refractivity contribution in [2.24, 2.45) is 0 Å². The molecule has 2 unspecified atom stereocenters. The van der Waals surface area contributed by atoms with E-state index in [9.17, 15) is 9.59 Å². The topological polar surface area (TPSA) is 70.2 Å². The number of amides is 2. The summed E-state index contributed by atoms with van der Waals surface area (Å²) in [6.07, 6.45) is 0.922. The lowest BCUT2D eigenvalue weighted by molar-refractivity contribution is -0.129. The Hall–Kier alpha value is -1.88. The fraction of sp³-hybridized carbons (Fsp3) is 0.467. The predicted molar refractivity (Wildman–Crippen MR) is 77.2 cm³/mol. The van der Waals surface area contributed by atoms with Crippen LogP contribution in [-0.2, 0) is 16.0 Å². The number of carbonyl (C=O) groups excluding carboxylic acids is 2. The fourth-order valence-corrected chi connectivity index (χ4v) is 2.43. The molecule has 108 valence electrons. The van der Waals surface area contributed by atoms with E-state index < -0.39 is 6.04 Å². The number of nitrogens with one attached hydrogen (secondary N) is 3. The van der Waals surface area contributed by atoms with E-state index in [0.717, 1.165) is 18.5 Å². The van der Waals surface area contributed by atoms with E-state index >= 15 is 0 Å². The van der Waals surface area contributed by atoms with Gasteiger partial charge in [0.25, 0.3) is 0 Å². The highest BCUT2D eigenvalue weighted by Gasteiger charge is 2.27. The molecule has 5 nitrogen and oxygen atoms in total. The molecule has 0 aromatic heterocycles. The Balaban J connectivity index is 2.05. The fourth-order valence-electron chi connectivity index (χ4n) is 2.43. The molecule has 0 aliphatic carbocycles. The summed E-state index contributed by atoms with van der Waals surface area (Å²) in [5.74, 6) is -0.319. The second-order valence-corrected chi connectivity index (χ2v) is 4.96. The highest BCUT2D eigenvalue weighted by molar-refractivity contribution is 5.90. The van der Waals surface area contributed by atoms with Crippen LogP contribution in [0.2, 0.25) is 0 Å². The van der Waals surface area contributed by atoms with Crippen molar-refractivity contribution in [3.63, 3.8) is 0 Å². The number of likely N-dealkylation sites (N-methyl/N-ethyl adjacent to an activating group) is 1. The van der Waals surface area contributed by atoms with Crippen molar-refractivity contribution in [2.45, 2.75) is 32.4 Å². The van der Waals surface area contributed by atoms with E-state index in [0.29, 0.717) is 6.54 Å². The third kappa shape index (κ3) is 3.17. The zero-order valence-corrected chi connectivity index (χ0v) is 11.9. The lowest BCUT2D eigenvalue weighted by Crippen LogP contribution is -2.49. The minimum absolute atomic E-state index is 0.157. The maximum absolute atomic E-state index is 12.3. The van der Waals surface area contributed by atoms with Crippen LogP contribution in [0.1, 0.15) is 31.0 Å². The first-order chi connectivity index (χ1) is 9.63. The maximum atomic E-state index is 12.3. The van der Waals surface area contributed by atoms with Gasteiger partial charge in [0.05, 0.1) is 0 Å². The second kappa shape index (κ2) is 6.52. The molecule has 0 fully saturated rings. The Bertz CT molecular complexity index is 502. The van der Waals surface area contributed by atoms with E-state index in [1.54, 1.807) is 6.92 Å². The van der Waals surface area contributed by atoms with Gasteiger partial charge in [-0.3, -0.25) is 9.59 Å². The SMILES string of the molecule is CCNC(=O)C(C)NC(=O)C1NCCc2ccccc21. The van der Waals surface area contributed by atoms with E-state index in [-0.39, 0.29) is 17.9 Å². The smallest absolute Gasteiger partial charge is 0.242 e. The number of hydrogen-bond donors (Lipinski definition) is 3. The Kier molecular flexibility index (Phi) is 4.74. The van der Waals surface area contributed by atoms with E-state index in [1.807, 2.05) is 31.2 Å². The molecular formula is C15H21N3O2. The van der Waals surface area contributed by atoms with Crippen molar-refractivity contribution in [1.29, 1.82) is 0 Å². The molecule has 2 amide bonds. The van der Waals surface area contributed by atoms with Gasteiger partial charge >= 0.3 is 0 Å². The van der Waals surface area contributed by atoms with Gasteiger partial charge in [-0.25, -0.2) is 0 Å². The molecule has 2 atom stereocenters. The molecule has 1 aromatic carbocycles. The van der Waals surface area contributed by atoms with Crippen molar-refractivity contribution in [1.82, 2.24) is 16.0 Å². The minimum Gasteiger partial charge on any atom is -0.355 e. The summed E-state index contributed by atoms with van der Waals surface area (Å²) >= 11 is 0. The summed E-state index contributed by atoms with van der Waals surface area (Å²) in [5, 5.41) is 8.67. The van der Waals surface area contributed by atoms with Gasteiger partial charge in [-0.2, -0.15) is 0 Å². The highest BCUT2D eigenvalue weighted by Crippen LogP contribution is 2.22. The summed E-state index contributed by atoms with van der Waals surface area (Å²) in [6, 6.07) is 7.01. The lowest BCUT2D eigenvalue weighted by Gasteiger charge is -2.27. The highest BCUT2D eigenvalue weighted by atomic mass is 16.2. The number of benzene rings is 1. The van der Waals surface area contributed by atoms with Crippen LogP contribution in [0.15, 0.2) is 24.3 Å². The first kappa shape index (κ1) is 14.5. The van der Waals surface area contributed by atoms with Crippen LogP contribution >= 0.6 is 0 Å². The maximum Gasteiger partial charge on any atom is 0.242 e. The molecule has 1 aliphatic heterocycles. The average Bonchev–Trinajstić information content (AvgIpc) is 2.46. The second-order valence-electron chi connectivity index (χ2n) is 4.96. The van der Waals surface area contributed by atoms with Crippen LogP contribution in [0.25, 0.3) is 0 Å². The van der Waals surface area contributed by atoms with Gasteiger partial charge in [-0.1, -0.05) is 24.3 Å². The number of fused-ring (bicyclic) bond motifs is 1. The van der Waals surface area contributed by atoms with Crippen molar-refractivity contribution >= 4 is 11.8 Å². The summed E-state index contributed by atoms with van der Waals surface area (Å²) in [5.41, 5.74) is 2.19. The monoisotopic (exact) mass is 275 g/mol. The number of hydrogen-bond acceptors (Lipinski definition) is 3. The molecule has 0 radical (unpaired) electrons. The van der Waals surface area contributed by atoms with Crippen molar-refractivity contribution < 1.29 is 9.59 Å². The van der Waals surface area contributed by atoms with E-state index in [1.165, 1.54) is 5.56 Å². The molecule has 0 spiro atoms. The Morgan fingerprint density at radius 3 is 2.90 bits per heavy atom. The third-order valence-corrected chi connectivity index (χ3v) is 3.47. The Morgan fingerprint density at radius 1 is 1.40 bits per heavy atom. The number of rotatable bonds is 4. The van der Waals surface area contributed by atoms with Crippen LogP contribution in [0.3, 0.4) is 0 Å². The average molecular weight is 275 g/mol. The molecular weight excluding hydrogens is 254 g/mol. The summed E-state index contributed by atoms with van der Waals surface area (Å²) in [7, 11) is 0. The molecule has 3 N–H and O–H groups in total. The molecule has 1 heterocycles. The van der Waals surface area contributed by atoms with Crippen LogP contribution < -0.4 is 16.0 Å². The van der Waals surface area contributed by atoms with E-state index in [2.05, 4.69) is 16.0 Å². The molecule has 0 bridgehead atoms. The first-order valence-electron chi connectivity index (χ1n) is 7.02. The lowest BCUT2D eigenvalue weighted by atomic mass is 9.94. The summed E-state index contributed by atoms with van der Waals surface area (Å²) in [4.78, 5) is 24.0. The zero-order chi connectivity index (χ0) is 14.5. The molecule has 0 saturated heterocycles. The molecule has 20 heavy (non-hydrogen) atoms. The first-order valence-corrected chi connectivity index (χ1v) is 7.02. The van der Waals surface area contributed by atoms with Gasteiger partial charge in [0, 0.05) is 13.1 Å². The van der Waals surface area contributed by atoms with E-state index in [4.69, 9.17) is 0 Å².